The summed E-state index contributed by atoms with van der Waals surface area (Å²) in [6, 6.07) is 3.46. The van der Waals surface area contributed by atoms with Crippen molar-refractivity contribution in [2.75, 3.05) is 13.2 Å². The molecule has 1 aliphatic rings. The SMILES string of the molecule is CCOC(=O)[C@H](C#N)[C@@](C#N)(C(=O)OCC)[C@@H]1CCCCC1=O. The van der Waals surface area contributed by atoms with Crippen LogP contribution in [0.5, 0.6) is 0 Å². The molecule has 3 atom stereocenters. The first-order valence-corrected chi connectivity index (χ1v) is 7.66. The van der Waals surface area contributed by atoms with Crippen LogP contribution in [0.25, 0.3) is 0 Å². The van der Waals surface area contributed by atoms with Gasteiger partial charge in [0.25, 0.3) is 0 Å². The van der Waals surface area contributed by atoms with Crippen molar-refractivity contribution in [2.45, 2.75) is 39.5 Å². The molecule has 23 heavy (non-hydrogen) atoms. The summed E-state index contributed by atoms with van der Waals surface area (Å²) in [6.45, 7) is 3.08. The Morgan fingerprint density at radius 2 is 1.91 bits per heavy atom. The highest BCUT2D eigenvalue weighted by Gasteiger charge is 2.60. The van der Waals surface area contributed by atoms with Crippen LogP contribution >= 0.6 is 0 Å². The quantitative estimate of drug-likeness (QED) is 0.681. The maximum Gasteiger partial charge on any atom is 0.329 e. The average molecular weight is 320 g/mol. The van der Waals surface area contributed by atoms with Gasteiger partial charge in [0.15, 0.2) is 11.3 Å². The fourth-order valence-corrected chi connectivity index (χ4v) is 2.93. The van der Waals surface area contributed by atoms with Gasteiger partial charge in [0.2, 0.25) is 0 Å². The van der Waals surface area contributed by atoms with E-state index in [0.717, 1.165) is 0 Å². The van der Waals surface area contributed by atoms with Crippen LogP contribution < -0.4 is 0 Å². The summed E-state index contributed by atoms with van der Waals surface area (Å²) in [7, 11) is 0. The van der Waals surface area contributed by atoms with Gasteiger partial charge >= 0.3 is 11.9 Å². The summed E-state index contributed by atoms with van der Waals surface area (Å²) >= 11 is 0. The Balaban J connectivity index is 3.42. The van der Waals surface area contributed by atoms with Gasteiger partial charge in [0, 0.05) is 12.3 Å². The molecule has 0 amide bonds. The maximum absolute atomic E-state index is 12.5. The summed E-state index contributed by atoms with van der Waals surface area (Å²) in [6.07, 6.45) is 1.79. The van der Waals surface area contributed by atoms with Crippen molar-refractivity contribution in [1.29, 1.82) is 10.5 Å². The zero-order valence-corrected chi connectivity index (χ0v) is 13.3. The molecule has 0 radical (unpaired) electrons. The number of ketones is 1. The second kappa shape index (κ2) is 8.28. The monoisotopic (exact) mass is 320 g/mol. The molecule has 0 spiro atoms. The number of hydrogen-bond donors (Lipinski definition) is 0. The summed E-state index contributed by atoms with van der Waals surface area (Å²) in [5.74, 6) is -5.02. The molecule has 0 saturated heterocycles. The lowest BCUT2D eigenvalue weighted by Gasteiger charge is -2.35. The Morgan fingerprint density at radius 1 is 1.26 bits per heavy atom. The normalized spacial score (nSPS) is 21.2. The van der Waals surface area contributed by atoms with Gasteiger partial charge in [0.1, 0.15) is 5.78 Å². The van der Waals surface area contributed by atoms with Crippen molar-refractivity contribution in [3.8, 4) is 12.1 Å². The van der Waals surface area contributed by atoms with Crippen LogP contribution in [0, 0.1) is 39.9 Å². The van der Waals surface area contributed by atoms with Gasteiger partial charge in [-0.05, 0) is 26.7 Å². The first kappa shape index (κ1) is 18.6. The fourth-order valence-electron chi connectivity index (χ4n) is 2.93. The van der Waals surface area contributed by atoms with Crippen LogP contribution in [0.15, 0.2) is 0 Å². The predicted octanol–water partition coefficient (Wildman–Crippen LogP) is 1.52. The molecule has 0 N–H and O–H groups in total. The third-order valence-corrected chi connectivity index (χ3v) is 4.01. The molecule has 0 heterocycles. The summed E-state index contributed by atoms with van der Waals surface area (Å²) in [5.41, 5.74) is -2.16. The number of Topliss-reactive ketones (excluding diaryl/α,β-unsaturated/α-hetero) is 1. The van der Waals surface area contributed by atoms with Gasteiger partial charge in [-0.1, -0.05) is 6.42 Å². The largest absolute Gasteiger partial charge is 0.465 e. The molecule has 1 rings (SSSR count). The molecule has 1 fully saturated rings. The second-order valence-electron chi connectivity index (χ2n) is 5.28. The van der Waals surface area contributed by atoms with Crippen LogP contribution in [-0.2, 0) is 23.9 Å². The average Bonchev–Trinajstić information content (AvgIpc) is 2.53. The molecule has 0 unspecified atom stereocenters. The first-order chi connectivity index (χ1) is 11.0. The molecule has 1 aliphatic carbocycles. The minimum atomic E-state index is -2.16. The van der Waals surface area contributed by atoms with E-state index in [0.29, 0.717) is 12.8 Å². The van der Waals surface area contributed by atoms with Crippen LogP contribution in [0.4, 0.5) is 0 Å². The first-order valence-electron chi connectivity index (χ1n) is 7.66. The fraction of sp³-hybridized carbons (Fsp3) is 0.688. The highest BCUT2D eigenvalue weighted by Crippen LogP contribution is 2.43. The zero-order valence-electron chi connectivity index (χ0n) is 13.3. The van der Waals surface area contributed by atoms with Gasteiger partial charge in [0.05, 0.1) is 25.4 Å². The third kappa shape index (κ3) is 3.50. The van der Waals surface area contributed by atoms with Crippen molar-refractivity contribution in [3.63, 3.8) is 0 Å². The van der Waals surface area contributed by atoms with Crippen molar-refractivity contribution in [2.24, 2.45) is 17.3 Å². The van der Waals surface area contributed by atoms with E-state index in [9.17, 15) is 24.9 Å². The number of esters is 2. The Labute approximate surface area is 135 Å². The van der Waals surface area contributed by atoms with Crippen molar-refractivity contribution in [1.82, 2.24) is 0 Å². The van der Waals surface area contributed by atoms with Gasteiger partial charge in [-0.3, -0.25) is 14.4 Å². The van der Waals surface area contributed by atoms with Crippen LogP contribution in [-0.4, -0.2) is 30.9 Å². The molecule has 0 aliphatic heterocycles. The number of carbonyl (C=O) groups excluding carboxylic acids is 3. The van der Waals surface area contributed by atoms with E-state index in [1.165, 1.54) is 0 Å². The van der Waals surface area contributed by atoms with Gasteiger partial charge in [-0.2, -0.15) is 10.5 Å². The van der Waals surface area contributed by atoms with Crippen LogP contribution in [0.3, 0.4) is 0 Å². The summed E-state index contributed by atoms with van der Waals surface area (Å²) < 4.78 is 9.76. The number of nitrogens with zero attached hydrogens (tertiary/aromatic N) is 2. The minimum absolute atomic E-state index is 0.0000393. The standard InChI is InChI=1S/C16H20N2O5/c1-3-22-14(20)12(9-17)16(10-18,15(21)23-4-2)11-7-5-6-8-13(11)19/h11-12H,3-8H2,1-2H3/t11-,12+,16+/m1/s1. The number of rotatable bonds is 6. The highest BCUT2D eigenvalue weighted by molar-refractivity contribution is 5.96. The molecule has 124 valence electrons. The Morgan fingerprint density at radius 3 is 2.39 bits per heavy atom. The molecule has 0 aromatic rings. The van der Waals surface area contributed by atoms with Crippen LogP contribution in [0.2, 0.25) is 0 Å². The maximum atomic E-state index is 12.5. The van der Waals surface area contributed by atoms with Gasteiger partial charge in [-0.25, -0.2) is 0 Å². The molecule has 0 bridgehead atoms. The van der Waals surface area contributed by atoms with Crippen molar-refractivity contribution < 1.29 is 23.9 Å². The van der Waals surface area contributed by atoms with Crippen LogP contribution in [0.1, 0.15) is 39.5 Å². The van der Waals surface area contributed by atoms with E-state index in [4.69, 9.17) is 9.47 Å². The van der Waals surface area contributed by atoms with Gasteiger partial charge in [-0.15, -0.1) is 0 Å². The topological polar surface area (TPSA) is 117 Å². The predicted molar refractivity (Wildman–Crippen MR) is 77.4 cm³/mol. The number of nitriles is 2. The van der Waals surface area contributed by atoms with E-state index < -0.39 is 29.2 Å². The second-order valence-corrected chi connectivity index (χ2v) is 5.28. The number of carbonyl (C=O) groups is 3. The third-order valence-electron chi connectivity index (χ3n) is 4.01. The highest BCUT2D eigenvalue weighted by atomic mass is 16.5. The van der Waals surface area contributed by atoms with Crippen molar-refractivity contribution in [3.05, 3.63) is 0 Å². The Bertz CT molecular complexity index is 560. The van der Waals surface area contributed by atoms with E-state index in [2.05, 4.69) is 0 Å². The van der Waals surface area contributed by atoms with E-state index in [1.54, 1.807) is 26.0 Å². The smallest absolute Gasteiger partial charge is 0.329 e. The molecular formula is C16H20N2O5. The molecular weight excluding hydrogens is 300 g/mol. The lowest BCUT2D eigenvalue weighted by atomic mass is 9.62. The molecule has 0 aromatic heterocycles. The molecule has 7 nitrogen and oxygen atoms in total. The van der Waals surface area contributed by atoms with E-state index >= 15 is 0 Å². The lowest BCUT2D eigenvalue weighted by Crippen LogP contribution is -2.51. The summed E-state index contributed by atoms with van der Waals surface area (Å²) in [4.78, 5) is 36.9. The molecule has 1 saturated carbocycles. The van der Waals surface area contributed by atoms with Crippen molar-refractivity contribution >= 4 is 17.7 Å². The van der Waals surface area contributed by atoms with E-state index in [-0.39, 0.29) is 31.8 Å². The lowest BCUT2D eigenvalue weighted by molar-refractivity contribution is -0.168. The van der Waals surface area contributed by atoms with E-state index in [1.807, 2.05) is 0 Å². The zero-order chi connectivity index (χ0) is 17.5. The summed E-state index contributed by atoms with van der Waals surface area (Å²) in [5, 5.41) is 19.1. The number of ether oxygens (including phenoxy) is 2. The Hall–Kier alpha value is -2.41. The minimum Gasteiger partial charge on any atom is -0.465 e. The number of hydrogen-bond acceptors (Lipinski definition) is 7. The molecule has 0 aromatic carbocycles. The van der Waals surface area contributed by atoms with Gasteiger partial charge < -0.3 is 9.47 Å². The molecule has 7 heteroatoms. The Kier molecular flexibility index (Phi) is 6.71.